The summed E-state index contributed by atoms with van der Waals surface area (Å²) < 4.78 is 22.1. The van der Waals surface area contributed by atoms with E-state index in [0.29, 0.717) is 5.82 Å². The minimum absolute atomic E-state index is 0.00769. The second-order valence-electron chi connectivity index (χ2n) is 3.81. The van der Waals surface area contributed by atoms with Gasteiger partial charge < -0.3 is 11.1 Å². The molecule has 7 nitrogen and oxygen atoms in total. The number of nitrogens with zero attached hydrogens (tertiary/aromatic N) is 2. The van der Waals surface area contributed by atoms with Crippen LogP contribution in [0, 0.1) is 0 Å². The average molecular weight is 258 g/mol. The number of hydrogen-bond donors (Lipinski definition) is 2. The number of sulfone groups is 1. The number of nitrogens with one attached hydrogen (secondary N) is 1. The normalized spacial score (nSPS) is 13.1. The predicted octanol–water partition coefficient (Wildman–Crippen LogP) is -0.579. The molecule has 1 unspecified atom stereocenters. The zero-order chi connectivity index (χ0) is 13.1. The second kappa shape index (κ2) is 5.09. The molecular formula is C9H14N4O3S. The highest BCUT2D eigenvalue weighted by molar-refractivity contribution is 7.90. The smallest absolute Gasteiger partial charge is 0.269 e. The van der Waals surface area contributed by atoms with Crippen LogP contribution in [0.2, 0.25) is 0 Å². The maximum Gasteiger partial charge on any atom is 0.269 e. The highest BCUT2D eigenvalue weighted by atomic mass is 32.2. The van der Waals surface area contributed by atoms with Crippen molar-refractivity contribution in [2.45, 2.75) is 13.0 Å². The number of carbonyl (C=O) groups is 1. The lowest BCUT2D eigenvalue weighted by Gasteiger charge is -2.12. The maximum atomic E-state index is 11.0. The van der Waals surface area contributed by atoms with Gasteiger partial charge >= 0.3 is 0 Å². The molecule has 3 N–H and O–H groups in total. The molecule has 1 heterocycles. The van der Waals surface area contributed by atoms with Crippen LogP contribution in [0.15, 0.2) is 12.1 Å². The third kappa shape index (κ3) is 4.77. The second-order valence-corrected chi connectivity index (χ2v) is 5.99. The van der Waals surface area contributed by atoms with E-state index in [1.54, 1.807) is 6.92 Å². The molecule has 1 aromatic rings. The van der Waals surface area contributed by atoms with E-state index in [0.717, 1.165) is 6.26 Å². The Bertz CT molecular complexity index is 497. The zero-order valence-corrected chi connectivity index (χ0v) is 10.4. The van der Waals surface area contributed by atoms with E-state index in [1.807, 2.05) is 0 Å². The Morgan fingerprint density at radius 1 is 1.47 bits per heavy atom. The lowest BCUT2D eigenvalue weighted by Crippen LogP contribution is -2.25. The Balaban J connectivity index is 2.66. The first-order valence-corrected chi connectivity index (χ1v) is 6.92. The standard InChI is InChI=1S/C9H14N4O3S/c1-6(5-17(2,15)16)11-8-4-3-7(9(10)14)12-13-8/h3-4,6H,5H2,1-2H3,(H2,10,14)(H,11,13). The zero-order valence-electron chi connectivity index (χ0n) is 9.54. The van der Waals surface area contributed by atoms with Gasteiger partial charge in [0.1, 0.15) is 15.7 Å². The van der Waals surface area contributed by atoms with Gasteiger partial charge in [0.05, 0.1) is 5.75 Å². The van der Waals surface area contributed by atoms with Crippen molar-refractivity contribution in [2.75, 3.05) is 17.3 Å². The van der Waals surface area contributed by atoms with Crippen LogP contribution in [0.4, 0.5) is 5.82 Å². The van der Waals surface area contributed by atoms with Crippen molar-refractivity contribution in [3.05, 3.63) is 17.8 Å². The van der Waals surface area contributed by atoms with E-state index in [1.165, 1.54) is 12.1 Å². The fourth-order valence-corrected chi connectivity index (χ4v) is 2.28. The van der Waals surface area contributed by atoms with Gasteiger partial charge in [0.15, 0.2) is 5.69 Å². The number of hydrogen-bond acceptors (Lipinski definition) is 6. The summed E-state index contributed by atoms with van der Waals surface area (Å²) in [6, 6.07) is 2.65. The number of primary amides is 1. The fraction of sp³-hybridized carbons (Fsp3) is 0.444. The third-order valence-corrected chi connectivity index (χ3v) is 2.97. The fourth-order valence-electron chi connectivity index (χ4n) is 1.29. The van der Waals surface area contributed by atoms with Crippen LogP contribution < -0.4 is 11.1 Å². The van der Waals surface area contributed by atoms with E-state index >= 15 is 0 Å². The molecule has 1 atom stereocenters. The Labute approximate surface area is 99.3 Å². The molecule has 0 fully saturated rings. The minimum atomic E-state index is -3.05. The highest BCUT2D eigenvalue weighted by Crippen LogP contribution is 2.04. The summed E-state index contributed by atoms with van der Waals surface area (Å²) in [5.74, 6) is -0.272. The van der Waals surface area contributed by atoms with Crippen LogP contribution in [0.5, 0.6) is 0 Å². The molecule has 1 rings (SSSR count). The first kappa shape index (κ1) is 13.4. The summed E-state index contributed by atoms with van der Waals surface area (Å²) in [5, 5.41) is 10.2. The molecule has 0 aromatic carbocycles. The number of rotatable bonds is 5. The first-order chi connectivity index (χ1) is 7.78. The molecule has 0 spiro atoms. The molecule has 0 aliphatic rings. The summed E-state index contributed by atoms with van der Waals surface area (Å²) in [4.78, 5) is 10.7. The van der Waals surface area contributed by atoms with Crippen LogP contribution in [0.25, 0.3) is 0 Å². The molecule has 0 bridgehead atoms. The molecule has 17 heavy (non-hydrogen) atoms. The lowest BCUT2D eigenvalue weighted by molar-refractivity contribution is 0.0994. The Kier molecular flexibility index (Phi) is 4.00. The molecule has 0 aliphatic heterocycles. The maximum absolute atomic E-state index is 11.0. The van der Waals surface area contributed by atoms with Gasteiger partial charge in [0.25, 0.3) is 5.91 Å². The summed E-state index contributed by atoms with van der Waals surface area (Å²) in [7, 11) is -3.05. The van der Waals surface area contributed by atoms with Crippen LogP contribution in [0.3, 0.4) is 0 Å². The number of aromatic nitrogens is 2. The quantitative estimate of drug-likeness (QED) is 0.730. The van der Waals surface area contributed by atoms with E-state index < -0.39 is 15.7 Å². The predicted molar refractivity (Wildman–Crippen MR) is 63.3 cm³/mol. The van der Waals surface area contributed by atoms with Crippen LogP contribution >= 0.6 is 0 Å². The Hall–Kier alpha value is -1.70. The van der Waals surface area contributed by atoms with Crippen LogP contribution in [-0.4, -0.2) is 42.6 Å². The number of anilines is 1. The largest absolute Gasteiger partial charge is 0.365 e. The van der Waals surface area contributed by atoms with Crippen LogP contribution in [-0.2, 0) is 9.84 Å². The van der Waals surface area contributed by atoms with E-state index in [9.17, 15) is 13.2 Å². The van der Waals surface area contributed by atoms with Gasteiger partial charge in [0, 0.05) is 12.3 Å². The minimum Gasteiger partial charge on any atom is -0.365 e. The van der Waals surface area contributed by atoms with Crippen molar-refractivity contribution in [3.8, 4) is 0 Å². The van der Waals surface area contributed by atoms with Gasteiger partial charge in [0.2, 0.25) is 0 Å². The molecule has 94 valence electrons. The molecular weight excluding hydrogens is 244 g/mol. The van der Waals surface area contributed by atoms with Crippen molar-refractivity contribution in [3.63, 3.8) is 0 Å². The number of amides is 1. The van der Waals surface area contributed by atoms with Crippen molar-refractivity contribution in [1.29, 1.82) is 0 Å². The first-order valence-electron chi connectivity index (χ1n) is 4.86. The molecule has 0 saturated heterocycles. The van der Waals surface area contributed by atoms with Gasteiger partial charge in [-0.25, -0.2) is 8.42 Å². The highest BCUT2D eigenvalue weighted by Gasteiger charge is 2.11. The summed E-state index contributed by atoms with van der Waals surface area (Å²) in [5.41, 5.74) is 5.07. The summed E-state index contributed by atoms with van der Waals surface area (Å²) in [6.45, 7) is 1.71. The molecule has 0 aliphatic carbocycles. The van der Waals surface area contributed by atoms with Gasteiger partial charge in [-0.2, -0.15) is 0 Å². The van der Waals surface area contributed by atoms with E-state index in [-0.39, 0.29) is 17.5 Å². The SMILES string of the molecule is CC(CS(C)(=O)=O)Nc1ccc(C(N)=O)nn1. The van der Waals surface area contributed by atoms with Gasteiger partial charge in [-0.05, 0) is 19.1 Å². The molecule has 0 saturated carbocycles. The number of nitrogens with two attached hydrogens (primary N) is 1. The summed E-state index contributed by atoms with van der Waals surface area (Å²) in [6.07, 6.45) is 1.16. The van der Waals surface area contributed by atoms with Crippen molar-refractivity contribution >= 4 is 21.6 Å². The van der Waals surface area contributed by atoms with Crippen molar-refractivity contribution < 1.29 is 13.2 Å². The molecule has 0 radical (unpaired) electrons. The van der Waals surface area contributed by atoms with Gasteiger partial charge in [-0.15, -0.1) is 10.2 Å². The average Bonchev–Trinajstić information content (AvgIpc) is 2.15. The van der Waals surface area contributed by atoms with Crippen molar-refractivity contribution in [1.82, 2.24) is 10.2 Å². The van der Waals surface area contributed by atoms with E-state index in [2.05, 4.69) is 15.5 Å². The molecule has 8 heteroatoms. The Morgan fingerprint density at radius 3 is 2.53 bits per heavy atom. The molecule has 1 aromatic heterocycles. The third-order valence-electron chi connectivity index (χ3n) is 1.86. The van der Waals surface area contributed by atoms with Crippen LogP contribution in [0.1, 0.15) is 17.4 Å². The van der Waals surface area contributed by atoms with Gasteiger partial charge in [-0.3, -0.25) is 4.79 Å². The van der Waals surface area contributed by atoms with E-state index in [4.69, 9.17) is 5.73 Å². The molecule has 1 amide bonds. The number of carbonyl (C=O) groups excluding carboxylic acids is 1. The monoisotopic (exact) mass is 258 g/mol. The topological polar surface area (TPSA) is 115 Å². The summed E-state index contributed by atoms with van der Waals surface area (Å²) >= 11 is 0. The van der Waals surface area contributed by atoms with Crippen molar-refractivity contribution in [2.24, 2.45) is 5.73 Å². The van der Waals surface area contributed by atoms with Gasteiger partial charge in [-0.1, -0.05) is 0 Å². The lowest BCUT2D eigenvalue weighted by atomic mass is 10.3. The Morgan fingerprint density at radius 2 is 2.12 bits per heavy atom.